The lowest BCUT2D eigenvalue weighted by Gasteiger charge is -2.16. The number of amides is 1. The standard InChI is InChI=1S/C13H21NO4/c15-12(16)9-6-10-14-13(17)18-11-7-4-2-1-3-5-8-11/h4,7,11H,1-3,5-6,8-10H2,(H,14,17)(H,15,16)/b7-4-. The minimum atomic E-state index is -0.854. The van der Waals surface area contributed by atoms with Crippen LogP contribution in [0, 0.1) is 0 Å². The number of alkyl carbamates (subject to hydrolysis) is 1. The second kappa shape index (κ2) is 8.55. The smallest absolute Gasteiger partial charge is 0.407 e. The highest BCUT2D eigenvalue weighted by molar-refractivity contribution is 5.68. The quantitative estimate of drug-likeness (QED) is 0.584. The topological polar surface area (TPSA) is 75.6 Å². The van der Waals surface area contributed by atoms with E-state index < -0.39 is 12.1 Å². The fourth-order valence-corrected chi connectivity index (χ4v) is 1.84. The van der Waals surface area contributed by atoms with Gasteiger partial charge in [-0.15, -0.1) is 0 Å². The molecule has 18 heavy (non-hydrogen) atoms. The summed E-state index contributed by atoms with van der Waals surface area (Å²) in [5.41, 5.74) is 0. The van der Waals surface area contributed by atoms with Crippen molar-refractivity contribution in [3.8, 4) is 0 Å². The van der Waals surface area contributed by atoms with Crippen molar-refractivity contribution in [2.24, 2.45) is 0 Å². The van der Waals surface area contributed by atoms with Crippen molar-refractivity contribution >= 4 is 12.1 Å². The molecule has 102 valence electrons. The number of carbonyl (C=O) groups excluding carboxylic acids is 1. The molecule has 0 radical (unpaired) electrons. The Bertz CT molecular complexity index is 301. The molecule has 0 aromatic heterocycles. The first kappa shape index (κ1) is 14.5. The minimum Gasteiger partial charge on any atom is -0.481 e. The summed E-state index contributed by atoms with van der Waals surface area (Å²) in [7, 11) is 0. The normalized spacial score (nSPS) is 21.4. The summed E-state index contributed by atoms with van der Waals surface area (Å²) in [4.78, 5) is 21.7. The molecule has 0 fully saturated rings. The van der Waals surface area contributed by atoms with Crippen LogP contribution in [0.15, 0.2) is 12.2 Å². The largest absolute Gasteiger partial charge is 0.481 e. The van der Waals surface area contributed by atoms with Gasteiger partial charge >= 0.3 is 12.1 Å². The van der Waals surface area contributed by atoms with Crippen molar-refractivity contribution in [3.05, 3.63) is 12.2 Å². The number of carbonyl (C=O) groups is 2. The van der Waals surface area contributed by atoms with Crippen molar-refractivity contribution in [1.29, 1.82) is 0 Å². The first-order chi connectivity index (χ1) is 8.68. The molecular formula is C13H21NO4. The van der Waals surface area contributed by atoms with Crippen LogP contribution in [-0.4, -0.2) is 29.8 Å². The summed E-state index contributed by atoms with van der Waals surface area (Å²) in [5.74, 6) is -0.854. The zero-order valence-corrected chi connectivity index (χ0v) is 10.6. The van der Waals surface area contributed by atoms with Crippen LogP contribution in [0.4, 0.5) is 4.79 Å². The van der Waals surface area contributed by atoms with Crippen molar-refractivity contribution in [1.82, 2.24) is 5.32 Å². The number of hydrogen-bond donors (Lipinski definition) is 2. The van der Waals surface area contributed by atoms with Crippen molar-refractivity contribution in [2.45, 2.75) is 51.0 Å². The lowest BCUT2D eigenvalue weighted by molar-refractivity contribution is -0.137. The number of ether oxygens (including phenoxy) is 1. The van der Waals surface area contributed by atoms with Crippen LogP contribution in [0.3, 0.4) is 0 Å². The number of carboxylic acids is 1. The molecule has 0 spiro atoms. The Balaban J connectivity index is 2.17. The zero-order valence-electron chi connectivity index (χ0n) is 10.6. The molecule has 1 aliphatic carbocycles. The van der Waals surface area contributed by atoms with E-state index in [9.17, 15) is 9.59 Å². The highest BCUT2D eigenvalue weighted by Gasteiger charge is 2.12. The number of rotatable bonds is 5. The lowest BCUT2D eigenvalue weighted by atomic mass is 10.0. The summed E-state index contributed by atoms with van der Waals surface area (Å²) < 4.78 is 5.25. The van der Waals surface area contributed by atoms with E-state index >= 15 is 0 Å². The van der Waals surface area contributed by atoms with E-state index in [1.165, 1.54) is 12.8 Å². The predicted octanol–water partition coefficient (Wildman–Crippen LogP) is 2.47. The molecule has 0 saturated heterocycles. The maximum absolute atomic E-state index is 11.4. The van der Waals surface area contributed by atoms with E-state index in [4.69, 9.17) is 9.84 Å². The molecule has 0 aromatic rings. The third kappa shape index (κ3) is 6.93. The molecule has 0 heterocycles. The van der Waals surface area contributed by atoms with E-state index in [1.54, 1.807) is 0 Å². The van der Waals surface area contributed by atoms with Crippen LogP contribution < -0.4 is 5.32 Å². The monoisotopic (exact) mass is 255 g/mol. The Morgan fingerprint density at radius 3 is 2.94 bits per heavy atom. The Labute approximate surface area is 107 Å². The Hall–Kier alpha value is -1.52. The van der Waals surface area contributed by atoms with Gasteiger partial charge in [0.05, 0.1) is 0 Å². The Morgan fingerprint density at radius 2 is 2.17 bits per heavy atom. The highest BCUT2D eigenvalue weighted by Crippen LogP contribution is 2.14. The van der Waals surface area contributed by atoms with E-state index in [0.717, 1.165) is 19.3 Å². The average Bonchev–Trinajstić information content (AvgIpc) is 2.28. The maximum Gasteiger partial charge on any atom is 0.407 e. The molecule has 1 atom stereocenters. The van der Waals surface area contributed by atoms with Gasteiger partial charge in [-0.25, -0.2) is 4.79 Å². The van der Waals surface area contributed by atoms with Gasteiger partial charge in [-0.1, -0.05) is 12.5 Å². The van der Waals surface area contributed by atoms with Crippen LogP contribution in [0.5, 0.6) is 0 Å². The van der Waals surface area contributed by atoms with Gasteiger partial charge in [0, 0.05) is 13.0 Å². The molecule has 5 nitrogen and oxygen atoms in total. The van der Waals surface area contributed by atoms with Crippen LogP contribution >= 0.6 is 0 Å². The molecule has 0 aliphatic heterocycles. The third-order valence-corrected chi connectivity index (χ3v) is 2.81. The van der Waals surface area contributed by atoms with Gasteiger partial charge in [-0.3, -0.25) is 4.79 Å². The van der Waals surface area contributed by atoms with Crippen LogP contribution in [-0.2, 0) is 9.53 Å². The summed E-state index contributed by atoms with van der Waals surface area (Å²) in [6, 6.07) is 0. The number of hydrogen-bond acceptors (Lipinski definition) is 3. The summed E-state index contributed by atoms with van der Waals surface area (Å²) >= 11 is 0. The molecule has 1 rings (SSSR count). The number of carboxylic acid groups (broad SMARTS) is 1. The Morgan fingerprint density at radius 1 is 1.33 bits per heavy atom. The first-order valence-corrected chi connectivity index (χ1v) is 6.51. The summed E-state index contributed by atoms with van der Waals surface area (Å²) in [6.45, 7) is 0.335. The predicted molar refractivity (Wildman–Crippen MR) is 67.4 cm³/mol. The van der Waals surface area contributed by atoms with Crippen molar-refractivity contribution < 1.29 is 19.4 Å². The highest BCUT2D eigenvalue weighted by atomic mass is 16.6. The van der Waals surface area contributed by atoms with Crippen molar-refractivity contribution in [3.63, 3.8) is 0 Å². The summed E-state index contributed by atoms with van der Waals surface area (Å²) in [5, 5.41) is 11.0. The van der Waals surface area contributed by atoms with Gasteiger partial charge in [-0.2, -0.15) is 0 Å². The Kier molecular flexibility index (Phi) is 6.91. The molecule has 0 saturated carbocycles. The fourth-order valence-electron chi connectivity index (χ4n) is 1.84. The number of allylic oxidation sites excluding steroid dienone is 1. The molecule has 0 bridgehead atoms. The van der Waals surface area contributed by atoms with Crippen LogP contribution in [0.25, 0.3) is 0 Å². The molecule has 1 amide bonds. The second-order valence-corrected chi connectivity index (χ2v) is 4.43. The molecule has 2 N–H and O–H groups in total. The first-order valence-electron chi connectivity index (χ1n) is 6.51. The van der Waals surface area contributed by atoms with Gasteiger partial charge in [0.25, 0.3) is 0 Å². The minimum absolute atomic E-state index is 0.0591. The van der Waals surface area contributed by atoms with Gasteiger partial charge in [0.1, 0.15) is 6.10 Å². The van der Waals surface area contributed by atoms with Gasteiger partial charge in [0.2, 0.25) is 0 Å². The molecular weight excluding hydrogens is 234 g/mol. The van der Waals surface area contributed by atoms with Gasteiger partial charge in [0.15, 0.2) is 0 Å². The van der Waals surface area contributed by atoms with Crippen molar-refractivity contribution in [2.75, 3.05) is 6.54 Å². The lowest BCUT2D eigenvalue weighted by Crippen LogP contribution is -2.29. The van der Waals surface area contributed by atoms with Crippen LogP contribution in [0.1, 0.15) is 44.9 Å². The molecule has 5 heteroatoms. The van der Waals surface area contributed by atoms with Gasteiger partial charge in [-0.05, 0) is 38.2 Å². The second-order valence-electron chi connectivity index (χ2n) is 4.43. The molecule has 1 unspecified atom stereocenters. The fraction of sp³-hybridized carbons (Fsp3) is 0.692. The average molecular weight is 255 g/mol. The summed E-state index contributed by atoms with van der Waals surface area (Å²) in [6.07, 6.45) is 9.21. The zero-order chi connectivity index (χ0) is 13.2. The van der Waals surface area contributed by atoms with E-state index in [0.29, 0.717) is 13.0 Å². The number of aliphatic carboxylic acids is 1. The molecule has 0 aromatic carbocycles. The van der Waals surface area contributed by atoms with E-state index in [1.807, 2.05) is 6.08 Å². The van der Waals surface area contributed by atoms with Gasteiger partial charge < -0.3 is 15.2 Å². The third-order valence-electron chi connectivity index (χ3n) is 2.81. The SMILES string of the molecule is O=C(O)CCCNC(=O)OC1/C=C\CCCCC1. The van der Waals surface area contributed by atoms with E-state index in [2.05, 4.69) is 11.4 Å². The molecule has 1 aliphatic rings. The van der Waals surface area contributed by atoms with E-state index in [-0.39, 0.29) is 12.5 Å². The number of nitrogens with one attached hydrogen (secondary N) is 1. The van der Waals surface area contributed by atoms with Crippen LogP contribution in [0.2, 0.25) is 0 Å². The maximum atomic E-state index is 11.4.